The van der Waals surface area contributed by atoms with Crippen LogP contribution in [0.5, 0.6) is 0 Å². The molecule has 3 N–H and O–H groups in total. The Bertz CT molecular complexity index is 518. The zero-order valence-corrected chi connectivity index (χ0v) is 11.1. The van der Waals surface area contributed by atoms with Gasteiger partial charge in [0, 0.05) is 17.3 Å². The van der Waals surface area contributed by atoms with Crippen LogP contribution in [-0.2, 0) is 0 Å². The number of aliphatic hydroxyl groups excluding tert-OH is 1. The van der Waals surface area contributed by atoms with Crippen molar-refractivity contribution in [1.82, 2.24) is 0 Å². The van der Waals surface area contributed by atoms with Crippen LogP contribution in [0.3, 0.4) is 0 Å². The van der Waals surface area contributed by atoms with Gasteiger partial charge in [-0.3, -0.25) is 0 Å². The highest BCUT2D eigenvalue weighted by Crippen LogP contribution is 2.33. The van der Waals surface area contributed by atoms with E-state index in [1.165, 1.54) is 29.5 Å². The lowest BCUT2D eigenvalue weighted by molar-refractivity contribution is 0.148. The Hall–Kier alpha value is -0.940. The van der Waals surface area contributed by atoms with Crippen molar-refractivity contribution in [1.29, 1.82) is 0 Å². The summed E-state index contributed by atoms with van der Waals surface area (Å²) in [6.07, 6.45) is -0.785. The van der Waals surface area contributed by atoms with Crippen LogP contribution in [0, 0.1) is 5.82 Å². The molecule has 0 fully saturated rings. The Balaban J connectivity index is 2.28. The van der Waals surface area contributed by atoms with Gasteiger partial charge in [-0.2, -0.15) is 0 Å². The summed E-state index contributed by atoms with van der Waals surface area (Å²) in [5.74, 6) is -0.695. The second-order valence-corrected chi connectivity index (χ2v) is 5.36. The molecule has 96 valence electrons. The fourth-order valence-corrected chi connectivity index (χ4v) is 2.89. The lowest BCUT2D eigenvalue weighted by Crippen LogP contribution is -2.19. The summed E-state index contributed by atoms with van der Waals surface area (Å²) < 4.78 is 13.1. The molecule has 0 spiro atoms. The highest BCUT2D eigenvalue weighted by atomic mass is 35.5. The van der Waals surface area contributed by atoms with E-state index in [2.05, 4.69) is 0 Å². The average Bonchev–Trinajstić information content (AvgIpc) is 2.87. The minimum atomic E-state index is -0.785. The molecule has 0 aliphatic carbocycles. The monoisotopic (exact) mass is 285 g/mol. The number of thiophene rings is 1. The molecule has 1 aromatic heterocycles. The molecule has 1 heterocycles. The van der Waals surface area contributed by atoms with Gasteiger partial charge < -0.3 is 10.8 Å². The predicted octanol–water partition coefficient (Wildman–Crippen LogP) is 3.32. The third-order valence-electron chi connectivity index (χ3n) is 2.83. The Morgan fingerprint density at radius 1 is 1.39 bits per heavy atom. The first-order chi connectivity index (χ1) is 8.63. The van der Waals surface area contributed by atoms with Crippen molar-refractivity contribution >= 4 is 22.9 Å². The van der Waals surface area contributed by atoms with Gasteiger partial charge in [-0.25, -0.2) is 4.39 Å². The van der Waals surface area contributed by atoms with Crippen LogP contribution in [0.15, 0.2) is 35.7 Å². The molecular formula is C13H13ClFNOS. The number of rotatable bonds is 4. The van der Waals surface area contributed by atoms with Gasteiger partial charge in [-0.05, 0) is 29.1 Å². The zero-order chi connectivity index (χ0) is 13.1. The van der Waals surface area contributed by atoms with Gasteiger partial charge in [0.25, 0.3) is 0 Å². The van der Waals surface area contributed by atoms with E-state index < -0.39 is 11.9 Å². The van der Waals surface area contributed by atoms with E-state index in [1.807, 2.05) is 17.5 Å². The van der Waals surface area contributed by atoms with Crippen LogP contribution in [-0.4, -0.2) is 11.7 Å². The van der Waals surface area contributed by atoms with Crippen molar-refractivity contribution in [3.05, 3.63) is 57.0 Å². The van der Waals surface area contributed by atoms with Gasteiger partial charge in [0.05, 0.1) is 11.1 Å². The minimum absolute atomic E-state index is 0.00787. The molecule has 5 heteroatoms. The van der Waals surface area contributed by atoms with Gasteiger partial charge in [-0.1, -0.05) is 23.7 Å². The molecule has 2 rings (SSSR count). The summed E-state index contributed by atoms with van der Waals surface area (Å²) in [4.78, 5) is 1.01. The number of halogens is 2. The maximum absolute atomic E-state index is 13.1. The molecule has 2 atom stereocenters. The highest BCUT2D eigenvalue weighted by Gasteiger charge is 2.22. The number of benzene rings is 1. The van der Waals surface area contributed by atoms with Crippen molar-refractivity contribution in [2.75, 3.05) is 6.54 Å². The van der Waals surface area contributed by atoms with Crippen LogP contribution in [0.2, 0.25) is 5.02 Å². The van der Waals surface area contributed by atoms with Crippen molar-refractivity contribution in [3.63, 3.8) is 0 Å². The van der Waals surface area contributed by atoms with Crippen LogP contribution >= 0.6 is 22.9 Å². The van der Waals surface area contributed by atoms with E-state index in [9.17, 15) is 9.50 Å². The second-order valence-electron chi connectivity index (χ2n) is 3.98. The average molecular weight is 286 g/mol. The SMILES string of the molecule is NCC(c1cccs1)C(O)c1ccc(F)c(Cl)c1. The van der Waals surface area contributed by atoms with Gasteiger partial charge in [0.2, 0.25) is 0 Å². The van der Waals surface area contributed by atoms with Crippen LogP contribution < -0.4 is 5.73 Å². The molecule has 0 aliphatic rings. The van der Waals surface area contributed by atoms with Crippen LogP contribution in [0.4, 0.5) is 4.39 Å². The summed E-state index contributed by atoms with van der Waals surface area (Å²) in [5.41, 5.74) is 6.28. The number of aliphatic hydroxyl groups is 1. The van der Waals surface area contributed by atoms with Crippen molar-refractivity contribution in [3.8, 4) is 0 Å². The van der Waals surface area contributed by atoms with E-state index in [-0.39, 0.29) is 10.9 Å². The molecule has 0 bridgehead atoms. The lowest BCUT2D eigenvalue weighted by atomic mass is 9.94. The maximum atomic E-state index is 13.1. The van der Waals surface area contributed by atoms with Crippen LogP contribution in [0.25, 0.3) is 0 Å². The zero-order valence-electron chi connectivity index (χ0n) is 9.51. The highest BCUT2D eigenvalue weighted by molar-refractivity contribution is 7.10. The quantitative estimate of drug-likeness (QED) is 0.905. The first-order valence-electron chi connectivity index (χ1n) is 5.50. The first-order valence-corrected chi connectivity index (χ1v) is 6.75. The fourth-order valence-electron chi connectivity index (χ4n) is 1.83. The molecule has 2 aromatic rings. The van der Waals surface area contributed by atoms with Crippen molar-refractivity contribution < 1.29 is 9.50 Å². The molecular weight excluding hydrogens is 273 g/mol. The summed E-state index contributed by atoms with van der Waals surface area (Å²) in [6.45, 7) is 0.316. The molecule has 18 heavy (non-hydrogen) atoms. The van der Waals surface area contributed by atoms with Crippen molar-refractivity contribution in [2.24, 2.45) is 5.73 Å². The van der Waals surface area contributed by atoms with E-state index in [1.54, 1.807) is 0 Å². The molecule has 0 saturated heterocycles. The second kappa shape index (κ2) is 5.80. The van der Waals surface area contributed by atoms with E-state index in [4.69, 9.17) is 17.3 Å². The smallest absolute Gasteiger partial charge is 0.141 e. The van der Waals surface area contributed by atoms with Crippen LogP contribution in [0.1, 0.15) is 22.5 Å². The Kier molecular flexibility index (Phi) is 4.35. The molecule has 2 nitrogen and oxygen atoms in total. The minimum Gasteiger partial charge on any atom is -0.388 e. The predicted molar refractivity (Wildman–Crippen MR) is 72.5 cm³/mol. The topological polar surface area (TPSA) is 46.2 Å². The lowest BCUT2D eigenvalue weighted by Gasteiger charge is -2.21. The van der Waals surface area contributed by atoms with E-state index >= 15 is 0 Å². The molecule has 0 aliphatic heterocycles. The summed E-state index contributed by atoms with van der Waals surface area (Å²) in [5, 5.41) is 12.3. The normalized spacial score (nSPS) is 14.4. The van der Waals surface area contributed by atoms with Gasteiger partial charge in [-0.15, -0.1) is 11.3 Å². The Labute approximate surface area is 114 Å². The molecule has 2 unspecified atom stereocenters. The number of hydrogen-bond acceptors (Lipinski definition) is 3. The number of nitrogens with two attached hydrogens (primary N) is 1. The Morgan fingerprint density at radius 3 is 2.72 bits per heavy atom. The van der Waals surface area contributed by atoms with E-state index in [0.29, 0.717) is 12.1 Å². The molecule has 1 aromatic carbocycles. The largest absolute Gasteiger partial charge is 0.388 e. The third-order valence-corrected chi connectivity index (χ3v) is 4.12. The molecule has 0 amide bonds. The van der Waals surface area contributed by atoms with Gasteiger partial charge in [0.1, 0.15) is 5.82 Å². The van der Waals surface area contributed by atoms with E-state index in [0.717, 1.165) is 4.88 Å². The van der Waals surface area contributed by atoms with Crippen molar-refractivity contribution in [2.45, 2.75) is 12.0 Å². The standard InChI is InChI=1S/C13H13ClFNOS/c14-10-6-8(3-4-11(10)15)13(17)9(7-16)12-2-1-5-18-12/h1-6,9,13,17H,7,16H2. The number of hydrogen-bond donors (Lipinski definition) is 2. The summed E-state index contributed by atoms with van der Waals surface area (Å²) in [6, 6.07) is 8.06. The fraction of sp³-hybridized carbons (Fsp3) is 0.231. The first kappa shape index (κ1) is 13.5. The molecule has 0 saturated carbocycles. The van der Waals surface area contributed by atoms with Gasteiger partial charge >= 0.3 is 0 Å². The summed E-state index contributed by atoms with van der Waals surface area (Å²) in [7, 11) is 0. The Morgan fingerprint density at radius 2 is 2.17 bits per heavy atom. The third kappa shape index (κ3) is 2.72. The summed E-state index contributed by atoms with van der Waals surface area (Å²) >= 11 is 7.25. The molecule has 0 radical (unpaired) electrons. The maximum Gasteiger partial charge on any atom is 0.141 e. The van der Waals surface area contributed by atoms with Gasteiger partial charge in [0.15, 0.2) is 0 Å².